The molecular formula is C8H18N2O4. The second kappa shape index (κ2) is 9.82. The van der Waals surface area contributed by atoms with Gasteiger partial charge in [0.1, 0.15) is 5.70 Å². The number of rotatable bonds is 4. The van der Waals surface area contributed by atoms with E-state index in [1.54, 1.807) is 0 Å². The number of carboxylic acid groups (broad SMARTS) is 1. The number of aliphatic carboxylic acids is 1. The molecule has 0 amide bonds. The van der Waals surface area contributed by atoms with E-state index in [0.29, 0.717) is 0 Å². The van der Waals surface area contributed by atoms with Crippen LogP contribution in [-0.2, 0) is 4.79 Å². The number of carbonyl (C=O) groups is 1. The third kappa shape index (κ3) is 10.7. The number of unbranched alkanes of at least 4 members (excludes halogenated alkanes) is 1. The monoisotopic (exact) mass is 206 g/mol. The molecule has 6 nitrogen and oxygen atoms in total. The van der Waals surface area contributed by atoms with Crippen LogP contribution in [0.2, 0.25) is 0 Å². The molecule has 0 aromatic rings. The molecule has 14 heavy (non-hydrogen) atoms. The molecule has 0 heterocycles. The van der Waals surface area contributed by atoms with Gasteiger partial charge in [-0.05, 0) is 19.8 Å². The molecule has 0 aliphatic rings. The molecule has 0 aromatic carbocycles. The number of nitrogens with two attached hydrogens (primary N) is 2. The molecule has 0 bridgehead atoms. The van der Waals surface area contributed by atoms with Gasteiger partial charge in [0.15, 0.2) is 0 Å². The van der Waals surface area contributed by atoms with Crippen molar-refractivity contribution in [1.82, 2.24) is 0 Å². The zero-order valence-electron chi connectivity index (χ0n) is 8.23. The third-order valence-corrected chi connectivity index (χ3v) is 1.22. The van der Waals surface area contributed by atoms with Crippen LogP contribution in [0.5, 0.6) is 0 Å². The Morgan fingerprint density at radius 1 is 1.14 bits per heavy atom. The fourth-order valence-electron chi connectivity index (χ4n) is 0.392. The van der Waals surface area contributed by atoms with Gasteiger partial charge in [-0.25, -0.2) is 4.79 Å². The number of hydrogen-bond donors (Lipinski definition) is 5. The summed E-state index contributed by atoms with van der Waals surface area (Å²) in [6, 6.07) is 0. The number of carboxylic acids is 1. The highest BCUT2D eigenvalue weighted by Gasteiger charge is 2.01. The first-order valence-corrected chi connectivity index (χ1v) is 4.14. The van der Waals surface area contributed by atoms with Gasteiger partial charge in [-0.2, -0.15) is 0 Å². The first kappa shape index (κ1) is 15.2. The zero-order chi connectivity index (χ0) is 11.6. The number of allylic oxidation sites excluding steroid dienone is 1. The topological polar surface area (TPSA) is 130 Å². The van der Waals surface area contributed by atoms with Crippen molar-refractivity contribution >= 4 is 5.97 Å². The smallest absolute Gasteiger partial charge is 0.353 e. The molecule has 0 saturated carbocycles. The van der Waals surface area contributed by atoms with Crippen molar-refractivity contribution in [2.45, 2.75) is 19.8 Å². The van der Waals surface area contributed by atoms with E-state index in [9.17, 15) is 4.79 Å². The summed E-state index contributed by atoms with van der Waals surface area (Å²) in [5.41, 5.74) is 9.77. The molecule has 0 rings (SSSR count). The van der Waals surface area contributed by atoms with Crippen molar-refractivity contribution in [3.05, 3.63) is 11.4 Å². The number of hydrogen-bond acceptors (Lipinski definition) is 5. The van der Waals surface area contributed by atoms with Crippen LogP contribution in [0.1, 0.15) is 19.8 Å². The van der Waals surface area contributed by atoms with E-state index in [1.807, 2.05) is 0 Å². The molecule has 6 heteroatoms. The second-order valence-corrected chi connectivity index (χ2v) is 2.56. The Balaban J connectivity index is 0. The van der Waals surface area contributed by atoms with Crippen molar-refractivity contribution in [2.75, 3.05) is 13.2 Å². The Kier molecular flexibility index (Phi) is 10.7. The van der Waals surface area contributed by atoms with Crippen molar-refractivity contribution in [3.63, 3.8) is 0 Å². The normalized spacial score (nSPS) is 11.1. The minimum atomic E-state index is -1.18. The number of aliphatic hydroxyl groups is 2. The maximum atomic E-state index is 9.88. The highest BCUT2D eigenvalue weighted by molar-refractivity contribution is 5.85. The summed E-state index contributed by atoms with van der Waals surface area (Å²) in [6.45, 7) is 1.82. The maximum absolute atomic E-state index is 9.88. The molecule has 84 valence electrons. The Labute approximate surface area is 82.8 Å². The van der Waals surface area contributed by atoms with Gasteiger partial charge in [0, 0.05) is 18.9 Å². The van der Waals surface area contributed by atoms with Crippen LogP contribution in [0.15, 0.2) is 11.4 Å². The van der Waals surface area contributed by atoms with E-state index in [0.717, 1.165) is 12.8 Å². The first-order chi connectivity index (χ1) is 6.47. The maximum Gasteiger partial charge on any atom is 0.353 e. The minimum absolute atomic E-state index is 0.137. The van der Waals surface area contributed by atoms with Gasteiger partial charge in [0.25, 0.3) is 0 Å². The molecule has 0 saturated heterocycles. The van der Waals surface area contributed by atoms with E-state index in [-0.39, 0.29) is 24.6 Å². The van der Waals surface area contributed by atoms with E-state index < -0.39 is 5.97 Å². The second-order valence-electron chi connectivity index (χ2n) is 2.56. The summed E-state index contributed by atoms with van der Waals surface area (Å²) in [4.78, 5) is 9.88. The molecular weight excluding hydrogens is 188 g/mol. The van der Waals surface area contributed by atoms with Gasteiger partial charge >= 0.3 is 5.97 Å². The highest BCUT2D eigenvalue weighted by atomic mass is 16.4. The Hall–Kier alpha value is -1.27. The van der Waals surface area contributed by atoms with Crippen LogP contribution >= 0.6 is 0 Å². The molecule has 0 atom stereocenters. The Morgan fingerprint density at radius 3 is 1.57 bits per heavy atom. The molecule has 0 radical (unpaired) electrons. The van der Waals surface area contributed by atoms with Crippen LogP contribution in [0.3, 0.4) is 0 Å². The van der Waals surface area contributed by atoms with E-state index in [2.05, 4.69) is 0 Å². The highest BCUT2D eigenvalue weighted by Crippen LogP contribution is 1.86. The average molecular weight is 206 g/mol. The molecule has 7 N–H and O–H groups in total. The van der Waals surface area contributed by atoms with Crippen LogP contribution < -0.4 is 11.5 Å². The van der Waals surface area contributed by atoms with Crippen LogP contribution in [0.4, 0.5) is 0 Å². The predicted octanol–water partition coefficient (Wildman–Crippen LogP) is -1.03. The Morgan fingerprint density at radius 2 is 1.50 bits per heavy atom. The fourth-order valence-corrected chi connectivity index (χ4v) is 0.392. The van der Waals surface area contributed by atoms with E-state index >= 15 is 0 Å². The van der Waals surface area contributed by atoms with Crippen molar-refractivity contribution in [3.8, 4) is 0 Å². The molecule has 0 aliphatic heterocycles. The lowest BCUT2D eigenvalue weighted by atomic mass is 10.3. The minimum Gasteiger partial charge on any atom is -0.477 e. The lowest BCUT2D eigenvalue weighted by Gasteiger charge is -1.93. The largest absolute Gasteiger partial charge is 0.477 e. The molecule has 0 unspecified atom stereocenters. The van der Waals surface area contributed by atoms with Gasteiger partial charge in [0.2, 0.25) is 0 Å². The Bertz CT molecular complexity index is 184. The molecule has 0 aliphatic carbocycles. The third-order valence-electron chi connectivity index (χ3n) is 1.22. The molecule has 0 spiro atoms. The van der Waals surface area contributed by atoms with Crippen LogP contribution in [0, 0.1) is 0 Å². The predicted molar refractivity (Wildman–Crippen MR) is 52.1 cm³/mol. The van der Waals surface area contributed by atoms with Gasteiger partial charge in [-0.1, -0.05) is 0 Å². The summed E-state index contributed by atoms with van der Waals surface area (Å²) in [5, 5.41) is 24.3. The quantitative estimate of drug-likeness (QED) is 0.295. The summed E-state index contributed by atoms with van der Waals surface area (Å²) in [5.74, 6) is -1.18. The lowest BCUT2D eigenvalue weighted by Crippen LogP contribution is -2.15. The van der Waals surface area contributed by atoms with Crippen LogP contribution in [0.25, 0.3) is 0 Å². The van der Waals surface area contributed by atoms with Gasteiger partial charge in [-0.15, -0.1) is 0 Å². The first-order valence-electron chi connectivity index (χ1n) is 4.14. The summed E-state index contributed by atoms with van der Waals surface area (Å²) >= 11 is 0. The van der Waals surface area contributed by atoms with Gasteiger partial charge in [-0.3, -0.25) is 0 Å². The van der Waals surface area contributed by atoms with Gasteiger partial charge in [0.05, 0.1) is 0 Å². The summed E-state index contributed by atoms with van der Waals surface area (Å²) < 4.78 is 0. The van der Waals surface area contributed by atoms with Crippen molar-refractivity contribution < 1.29 is 20.1 Å². The van der Waals surface area contributed by atoms with E-state index in [1.165, 1.54) is 6.92 Å². The number of aliphatic hydroxyl groups excluding tert-OH is 2. The summed E-state index contributed by atoms with van der Waals surface area (Å²) in [6.07, 6.45) is 1.44. The SMILES string of the molecule is CC(N)=C(N)C(=O)O.OCCCCO. The zero-order valence-corrected chi connectivity index (χ0v) is 8.23. The van der Waals surface area contributed by atoms with Crippen molar-refractivity contribution in [1.29, 1.82) is 0 Å². The van der Waals surface area contributed by atoms with Gasteiger partial charge < -0.3 is 26.8 Å². The molecule has 0 fully saturated rings. The summed E-state index contributed by atoms with van der Waals surface area (Å²) in [7, 11) is 0. The van der Waals surface area contributed by atoms with Crippen LogP contribution in [-0.4, -0.2) is 34.5 Å². The lowest BCUT2D eigenvalue weighted by molar-refractivity contribution is -0.132. The average Bonchev–Trinajstić information content (AvgIpc) is 2.14. The fraction of sp³-hybridized carbons (Fsp3) is 0.625. The van der Waals surface area contributed by atoms with Crippen molar-refractivity contribution in [2.24, 2.45) is 11.5 Å². The standard InChI is InChI=1S/C4H8N2O2.C4H10O2/c1-2(5)3(6)4(7)8;5-3-1-2-4-6/h5-6H2,1H3,(H,7,8);5-6H,1-4H2. The molecule has 0 aromatic heterocycles. The van der Waals surface area contributed by atoms with E-state index in [4.69, 9.17) is 26.8 Å².